The van der Waals surface area contributed by atoms with E-state index in [9.17, 15) is 0 Å². The molecule has 0 aliphatic heterocycles. The quantitative estimate of drug-likeness (QED) is 0.783. The second-order valence-corrected chi connectivity index (χ2v) is 5.66. The SMILES string of the molecule is CCCC(CC)NCc1nc(C2CC2)cs1. The number of nitrogens with one attached hydrogen (secondary N) is 1. The highest BCUT2D eigenvalue weighted by Gasteiger charge is 2.25. The maximum Gasteiger partial charge on any atom is 0.107 e. The fourth-order valence-electron chi connectivity index (χ4n) is 2.00. The van der Waals surface area contributed by atoms with E-state index in [1.165, 1.54) is 42.8 Å². The Morgan fingerprint density at radius 3 is 2.94 bits per heavy atom. The molecule has 1 aromatic rings. The Balaban J connectivity index is 1.78. The van der Waals surface area contributed by atoms with Crippen LogP contribution in [0.3, 0.4) is 0 Å². The Bertz CT molecular complexity index is 317. The van der Waals surface area contributed by atoms with Gasteiger partial charge < -0.3 is 5.32 Å². The summed E-state index contributed by atoms with van der Waals surface area (Å²) in [5.74, 6) is 0.794. The van der Waals surface area contributed by atoms with Crippen molar-refractivity contribution in [3.63, 3.8) is 0 Å². The van der Waals surface area contributed by atoms with Crippen molar-refractivity contribution in [2.75, 3.05) is 0 Å². The summed E-state index contributed by atoms with van der Waals surface area (Å²) in [5.41, 5.74) is 1.34. The first kappa shape index (κ1) is 12.1. The number of hydrogen-bond acceptors (Lipinski definition) is 3. The molecular weight excluding hydrogens is 216 g/mol. The van der Waals surface area contributed by atoms with Gasteiger partial charge in [0.05, 0.1) is 5.69 Å². The lowest BCUT2D eigenvalue weighted by Crippen LogP contribution is -2.27. The molecule has 1 aliphatic carbocycles. The summed E-state index contributed by atoms with van der Waals surface area (Å²) in [7, 11) is 0. The third-order valence-corrected chi connectivity index (χ3v) is 4.10. The molecule has 2 nitrogen and oxygen atoms in total. The van der Waals surface area contributed by atoms with E-state index in [0.29, 0.717) is 6.04 Å². The van der Waals surface area contributed by atoms with E-state index in [1.807, 2.05) is 11.3 Å². The third kappa shape index (κ3) is 3.29. The number of aromatic nitrogens is 1. The van der Waals surface area contributed by atoms with Crippen molar-refractivity contribution in [3.05, 3.63) is 16.1 Å². The number of thiazole rings is 1. The predicted molar refractivity (Wildman–Crippen MR) is 69.9 cm³/mol. The molecule has 2 rings (SSSR count). The smallest absolute Gasteiger partial charge is 0.107 e. The fraction of sp³-hybridized carbons (Fsp3) is 0.769. The van der Waals surface area contributed by atoms with Gasteiger partial charge in [0, 0.05) is 23.9 Å². The summed E-state index contributed by atoms with van der Waals surface area (Å²) >= 11 is 1.81. The van der Waals surface area contributed by atoms with Crippen molar-refractivity contribution in [2.24, 2.45) is 0 Å². The van der Waals surface area contributed by atoms with Gasteiger partial charge in [-0.05, 0) is 25.7 Å². The highest BCUT2D eigenvalue weighted by atomic mass is 32.1. The van der Waals surface area contributed by atoms with E-state index in [1.54, 1.807) is 0 Å². The molecule has 0 spiro atoms. The van der Waals surface area contributed by atoms with Gasteiger partial charge in [0.15, 0.2) is 0 Å². The molecule has 0 amide bonds. The molecule has 90 valence electrons. The van der Waals surface area contributed by atoms with Crippen LogP contribution in [0.5, 0.6) is 0 Å². The molecule has 1 unspecified atom stereocenters. The summed E-state index contributed by atoms with van der Waals surface area (Å²) in [6.45, 7) is 5.46. The van der Waals surface area contributed by atoms with E-state index in [4.69, 9.17) is 4.98 Å². The second-order valence-electron chi connectivity index (χ2n) is 4.72. The van der Waals surface area contributed by atoms with Crippen LogP contribution in [-0.2, 0) is 6.54 Å². The standard InChI is InChI=1S/C13H22N2S/c1-3-5-11(4-2)14-8-13-15-12(9-16-13)10-6-7-10/h9-11,14H,3-8H2,1-2H3. The Kier molecular flexibility index (Phi) is 4.36. The molecule has 1 atom stereocenters. The first-order chi connectivity index (χ1) is 7.83. The van der Waals surface area contributed by atoms with Crippen LogP contribution in [0.25, 0.3) is 0 Å². The summed E-state index contributed by atoms with van der Waals surface area (Å²) in [6.07, 6.45) is 6.46. The third-order valence-electron chi connectivity index (χ3n) is 3.24. The lowest BCUT2D eigenvalue weighted by atomic mass is 10.1. The first-order valence-corrected chi connectivity index (χ1v) is 7.39. The van der Waals surface area contributed by atoms with Crippen LogP contribution in [0.1, 0.15) is 62.6 Å². The van der Waals surface area contributed by atoms with Gasteiger partial charge in [-0.15, -0.1) is 11.3 Å². The van der Waals surface area contributed by atoms with E-state index in [-0.39, 0.29) is 0 Å². The average molecular weight is 238 g/mol. The molecule has 0 saturated heterocycles. The zero-order valence-corrected chi connectivity index (χ0v) is 11.1. The van der Waals surface area contributed by atoms with E-state index >= 15 is 0 Å². The van der Waals surface area contributed by atoms with Gasteiger partial charge in [-0.3, -0.25) is 0 Å². The van der Waals surface area contributed by atoms with Gasteiger partial charge in [-0.25, -0.2) is 4.98 Å². The molecule has 1 aliphatic rings. The lowest BCUT2D eigenvalue weighted by Gasteiger charge is -2.14. The zero-order valence-electron chi connectivity index (χ0n) is 10.3. The topological polar surface area (TPSA) is 24.9 Å². The van der Waals surface area contributed by atoms with Crippen LogP contribution < -0.4 is 5.32 Å². The molecule has 1 N–H and O–H groups in total. The predicted octanol–water partition coefficient (Wildman–Crippen LogP) is 3.69. The van der Waals surface area contributed by atoms with Gasteiger partial charge in [-0.1, -0.05) is 20.3 Å². The number of nitrogens with zero attached hydrogens (tertiary/aromatic N) is 1. The molecule has 0 bridgehead atoms. The highest BCUT2D eigenvalue weighted by Crippen LogP contribution is 2.40. The minimum absolute atomic E-state index is 0.665. The van der Waals surface area contributed by atoms with Crippen LogP contribution in [0.4, 0.5) is 0 Å². The maximum atomic E-state index is 4.69. The summed E-state index contributed by atoms with van der Waals surface area (Å²) in [6, 6.07) is 0.665. The number of rotatable bonds is 7. The molecule has 0 aromatic carbocycles. The van der Waals surface area contributed by atoms with Crippen molar-refractivity contribution in [1.29, 1.82) is 0 Å². The van der Waals surface area contributed by atoms with E-state index < -0.39 is 0 Å². The van der Waals surface area contributed by atoms with Crippen molar-refractivity contribution in [2.45, 2.75) is 64.5 Å². The average Bonchev–Trinajstić information content (AvgIpc) is 3.04. The van der Waals surface area contributed by atoms with Gasteiger partial charge in [-0.2, -0.15) is 0 Å². The zero-order chi connectivity index (χ0) is 11.4. The molecule has 16 heavy (non-hydrogen) atoms. The summed E-state index contributed by atoms with van der Waals surface area (Å²) < 4.78 is 0. The lowest BCUT2D eigenvalue weighted by molar-refractivity contribution is 0.462. The Hall–Kier alpha value is -0.410. The first-order valence-electron chi connectivity index (χ1n) is 6.51. The van der Waals surface area contributed by atoms with E-state index in [0.717, 1.165) is 12.5 Å². The van der Waals surface area contributed by atoms with Gasteiger partial charge >= 0.3 is 0 Å². The van der Waals surface area contributed by atoms with Crippen LogP contribution >= 0.6 is 11.3 Å². The normalized spacial score (nSPS) is 17.6. The molecule has 1 aromatic heterocycles. The van der Waals surface area contributed by atoms with Gasteiger partial charge in [0.25, 0.3) is 0 Å². The molecule has 3 heteroatoms. The Morgan fingerprint density at radius 2 is 2.31 bits per heavy atom. The Morgan fingerprint density at radius 1 is 1.50 bits per heavy atom. The summed E-state index contributed by atoms with van der Waals surface area (Å²) in [5, 5.41) is 7.11. The molecule has 0 radical (unpaired) electrons. The molecule has 1 heterocycles. The monoisotopic (exact) mass is 238 g/mol. The largest absolute Gasteiger partial charge is 0.308 e. The van der Waals surface area contributed by atoms with Crippen molar-refractivity contribution >= 4 is 11.3 Å². The second kappa shape index (κ2) is 5.78. The van der Waals surface area contributed by atoms with Crippen LogP contribution in [-0.4, -0.2) is 11.0 Å². The fourth-order valence-corrected chi connectivity index (χ4v) is 2.83. The molecule has 1 saturated carbocycles. The van der Waals surface area contributed by atoms with Crippen LogP contribution in [0.2, 0.25) is 0 Å². The minimum atomic E-state index is 0.665. The van der Waals surface area contributed by atoms with Gasteiger partial charge in [0.2, 0.25) is 0 Å². The van der Waals surface area contributed by atoms with Crippen molar-refractivity contribution in [3.8, 4) is 0 Å². The summed E-state index contributed by atoms with van der Waals surface area (Å²) in [4.78, 5) is 4.69. The van der Waals surface area contributed by atoms with Crippen LogP contribution in [0.15, 0.2) is 5.38 Å². The maximum absolute atomic E-state index is 4.69. The molecule has 1 fully saturated rings. The van der Waals surface area contributed by atoms with Gasteiger partial charge in [0.1, 0.15) is 5.01 Å². The highest BCUT2D eigenvalue weighted by molar-refractivity contribution is 7.09. The molecular formula is C13H22N2S. The van der Waals surface area contributed by atoms with Crippen molar-refractivity contribution in [1.82, 2.24) is 10.3 Å². The number of hydrogen-bond donors (Lipinski definition) is 1. The minimum Gasteiger partial charge on any atom is -0.308 e. The van der Waals surface area contributed by atoms with E-state index in [2.05, 4.69) is 24.5 Å². The van der Waals surface area contributed by atoms with Crippen molar-refractivity contribution < 1.29 is 0 Å². The van der Waals surface area contributed by atoms with Crippen LogP contribution in [0, 0.1) is 0 Å². The Labute approximate surface area is 102 Å².